The molecule has 112 valence electrons. The number of aliphatic hydroxyl groups is 1. The molecule has 1 heterocycles. The minimum atomic E-state index is -0.622. The summed E-state index contributed by atoms with van der Waals surface area (Å²) in [5, 5.41) is 9.93. The molecule has 1 aliphatic rings. The third-order valence-corrected chi connectivity index (χ3v) is 3.21. The van der Waals surface area contributed by atoms with E-state index in [-0.39, 0.29) is 5.57 Å². The highest BCUT2D eigenvalue weighted by Crippen LogP contribution is 2.29. The van der Waals surface area contributed by atoms with Gasteiger partial charge in [0, 0.05) is 6.54 Å². The summed E-state index contributed by atoms with van der Waals surface area (Å²) in [4.78, 5) is 25.2. The van der Waals surface area contributed by atoms with E-state index in [1.807, 2.05) is 13.8 Å². The van der Waals surface area contributed by atoms with Crippen LogP contribution in [-0.2, 0) is 9.59 Å². The summed E-state index contributed by atoms with van der Waals surface area (Å²) in [6.07, 6.45) is 1.56. The van der Waals surface area contributed by atoms with Gasteiger partial charge in [-0.05, 0) is 30.5 Å². The Labute approximate surface area is 123 Å². The molecule has 0 aliphatic carbocycles. The lowest BCUT2D eigenvalue weighted by molar-refractivity contribution is -0.138. The number of aliphatic hydroxyl groups excluding tert-OH is 1. The molecule has 0 unspecified atom stereocenters. The second kappa shape index (κ2) is 6.43. The van der Waals surface area contributed by atoms with Gasteiger partial charge >= 0.3 is 0 Å². The largest absolute Gasteiger partial charge is 0.502 e. The van der Waals surface area contributed by atoms with Gasteiger partial charge in [-0.3, -0.25) is 14.5 Å². The molecule has 0 radical (unpaired) electrons. The fraction of sp³-hybridized carbons (Fsp3) is 0.375. The van der Waals surface area contributed by atoms with Gasteiger partial charge in [-0.1, -0.05) is 26.0 Å². The molecule has 1 aromatic rings. The van der Waals surface area contributed by atoms with Crippen LogP contribution in [-0.4, -0.2) is 35.0 Å². The Hall–Kier alpha value is -2.30. The van der Waals surface area contributed by atoms with Gasteiger partial charge in [0.15, 0.2) is 5.76 Å². The molecule has 1 N–H and O–H groups in total. The molecule has 0 fully saturated rings. The van der Waals surface area contributed by atoms with Crippen molar-refractivity contribution in [3.05, 3.63) is 35.6 Å². The van der Waals surface area contributed by atoms with Crippen LogP contribution >= 0.6 is 0 Å². The Balaban J connectivity index is 2.25. The third-order valence-electron chi connectivity index (χ3n) is 3.21. The average Bonchev–Trinajstić information content (AvgIpc) is 2.70. The fourth-order valence-electron chi connectivity index (χ4n) is 2.19. The quantitative estimate of drug-likeness (QED) is 0.817. The van der Waals surface area contributed by atoms with Gasteiger partial charge in [-0.15, -0.1) is 0 Å². The van der Waals surface area contributed by atoms with Crippen molar-refractivity contribution >= 4 is 17.4 Å². The van der Waals surface area contributed by atoms with Crippen LogP contribution < -0.4 is 4.74 Å². The van der Waals surface area contributed by atoms with E-state index in [0.717, 1.165) is 11.3 Å². The van der Waals surface area contributed by atoms with Crippen LogP contribution in [0.5, 0.6) is 5.75 Å². The first-order valence-corrected chi connectivity index (χ1v) is 7.12. The van der Waals surface area contributed by atoms with Crippen LogP contribution in [0.15, 0.2) is 30.0 Å². The number of hydrogen-bond donors (Lipinski definition) is 1. The van der Waals surface area contributed by atoms with E-state index in [1.54, 1.807) is 24.3 Å². The average molecular weight is 289 g/mol. The molecule has 2 rings (SSSR count). The lowest BCUT2D eigenvalue weighted by Crippen LogP contribution is -2.32. The summed E-state index contributed by atoms with van der Waals surface area (Å²) in [5.41, 5.74) is 0.587. The molecule has 0 saturated heterocycles. The summed E-state index contributed by atoms with van der Waals surface area (Å²) in [6.45, 7) is 4.82. The van der Waals surface area contributed by atoms with Crippen LogP contribution in [0.2, 0.25) is 0 Å². The number of imide groups is 1. The lowest BCUT2D eigenvalue weighted by Gasteiger charge is -2.12. The van der Waals surface area contributed by atoms with E-state index in [2.05, 4.69) is 0 Å². The Kier molecular flexibility index (Phi) is 4.62. The van der Waals surface area contributed by atoms with Crippen molar-refractivity contribution in [3.63, 3.8) is 0 Å². The summed E-state index contributed by atoms with van der Waals surface area (Å²) in [6, 6.07) is 6.81. The van der Waals surface area contributed by atoms with Gasteiger partial charge in [0.1, 0.15) is 5.75 Å². The number of carbonyl (C=O) groups is 2. The van der Waals surface area contributed by atoms with Gasteiger partial charge in [-0.25, -0.2) is 0 Å². The Morgan fingerprint density at radius 2 is 1.71 bits per heavy atom. The second-order valence-electron chi connectivity index (χ2n) is 4.86. The van der Waals surface area contributed by atoms with Crippen molar-refractivity contribution in [3.8, 4) is 5.75 Å². The SMILES string of the molecule is CCCOc1ccc(C2=C(O)C(=O)N(CCC)C2=O)cc1. The summed E-state index contributed by atoms with van der Waals surface area (Å²) in [7, 11) is 0. The fourth-order valence-corrected chi connectivity index (χ4v) is 2.19. The Morgan fingerprint density at radius 1 is 1.05 bits per heavy atom. The highest BCUT2D eigenvalue weighted by atomic mass is 16.5. The van der Waals surface area contributed by atoms with E-state index in [0.29, 0.717) is 30.9 Å². The van der Waals surface area contributed by atoms with E-state index in [4.69, 9.17) is 4.74 Å². The van der Waals surface area contributed by atoms with E-state index >= 15 is 0 Å². The zero-order valence-corrected chi connectivity index (χ0v) is 12.3. The third kappa shape index (κ3) is 2.91. The molecule has 1 aliphatic heterocycles. The number of ether oxygens (including phenoxy) is 1. The lowest BCUT2D eigenvalue weighted by atomic mass is 10.1. The minimum absolute atomic E-state index is 0.0653. The van der Waals surface area contributed by atoms with Crippen molar-refractivity contribution in [1.82, 2.24) is 4.90 Å². The maximum absolute atomic E-state index is 12.2. The minimum Gasteiger partial charge on any atom is -0.502 e. The predicted molar refractivity (Wildman–Crippen MR) is 78.8 cm³/mol. The van der Waals surface area contributed by atoms with Gasteiger partial charge in [-0.2, -0.15) is 0 Å². The number of benzene rings is 1. The summed E-state index contributed by atoms with van der Waals surface area (Å²) >= 11 is 0. The molecule has 21 heavy (non-hydrogen) atoms. The normalized spacial score (nSPS) is 15.0. The molecular weight excluding hydrogens is 270 g/mol. The zero-order chi connectivity index (χ0) is 15.4. The number of amides is 2. The molecule has 0 aromatic heterocycles. The first kappa shape index (κ1) is 15.1. The highest BCUT2D eigenvalue weighted by molar-refractivity contribution is 6.34. The molecule has 0 spiro atoms. The van der Waals surface area contributed by atoms with Gasteiger partial charge in [0.2, 0.25) is 0 Å². The molecule has 0 bridgehead atoms. The Morgan fingerprint density at radius 3 is 2.29 bits per heavy atom. The summed E-state index contributed by atoms with van der Waals surface area (Å²) in [5.74, 6) is -0.844. The second-order valence-corrected chi connectivity index (χ2v) is 4.86. The smallest absolute Gasteiger partial charge is 0.296 e. The van der Waals surface area contributed by atoms with Crippen molar-refractivity contribution in [2.45, 2.75) is 26.7 Å². The molecular formula is C16H19NO4. The maximum atomic E-state index is 12.2. The molecule has 2 amide bonds. The number of hydrogen-bond acceptors (Lipinski definition) is 4. The van der Waals surface area contributed by atoms with Crippen molar-refractivity contribution in [2.24, 2.45) is 0 Å². The van der Waals surface area contributed by atoms with Crippen molar-refractivity contribution in [1.29, 1.82) is 0 Å². The van der Waals surface area contributed by atoms with E-state index in [9.17, 15) is 14.7 Å². The van der Waals surface area contributed by atoms with Crippen LogP contribution in [0, 0.1) is 0 Å². The van der Waals surface area contributed by atoms with Gasteiger partial charge < -0.3 is 9.84 Å². The topological polar surface area (TPSA) is 66.8 Å². The van der Waals surface area contributed by atoms with Crippen LogP contribution in [0.4, 0.5) is 0 Å². The molecule has 0 saturated carbocycles. The standard InChI is InChI=1S/C16H19NO4/c1-3-9-17-15(19)13(14(18)16(17)20)11-5-7-12(8-6-11)21-10-4-2/h5-8,18H,3-4,9-10H2,1-2H3. The van der Waals surface area contributed by atoms with Crippen molar-refractivity contribution in [2.75, 3.05) is 13.2 Å². The number of carbonyl (C=O) groups excluding carboxylic acids is 2. The van der Waals surface area contributed by atoms with Crippen LogP contribution in [0.25, 0.3) is 5.57 Å². The van der Waals surface area contributed by atoms with Gasteiger partial charge in [0.25, 0.3) is 11.8 Å². The summed E-state index contributed by atoms with van der Waals surface area (Å²) < 4.78 is 5.47. The first-order chi connectivity index (χ1) is 10.1. The molecule has 5 nitrogen and oxygen atoms in total. The van der Waals surface area contributed by atoms with E-state index in [1.165, 1.54) is 0 Å². The number of rotatable bonds is 6. The van der Waals surface area contributed by atoms with E-state index < -0.39 is 17.6 Å². The number of nitrogens with zero attached hydrogens (tertiary/aromatic N) is 1. The highest BCUT2D eigenvalue weighted by Gasteiger charge is 2.38. The van der Waals surface area contributed by atoms with Crippen LogP contribution in [0.1, 0.15) is 32.3 Å². The van der Waals surface area contributed by atoms with Crippen LogP contribution in [0.3, 0.4) is 0 Å². The maximum Gasteiger partial charge on any atom is 0.296 e. The monoisotopic (exact) mass is 289 g/mol. The molecule has 0 atom stereocenters. The first-order valence-electron chi connectivity index (χ1n) is 7.12. The molecule has 1 aromatic carbocycles. The predicted octanol–water partition coefficient (Wildman–Crippen LogP) is 2.52. The Bertz CT molecular complexity index is 574. The van der Waals surface area contributed by atoms with Crippen molar-refractivity contribution < 1.29 is 19.4 Å². The van der Waals surface area contributed by atoms with Gasteiger partial charge in [0.05, 0.1) is 12.2 Å². The molecule has 5 heteroatoms. The zero-order valence-electron chi connectivity index (χ0n) is 12.3.